The Morgan fingerprint density at radius 3 is 2.00 bits per heavy atom. The van der Waals surface area contributed by atoms with Gasteiger partial charge in [0, 0.05) is 56.0 Å². The molecule has 2 aromatic rings. The van der Waals surface area contributed by atoms with Crippen molar-refractivity contribution in [1.29, 1.82) is 0 Å². The molecule has 4 heterocycles. The second-order valence-electron chi connectivity index (χ2n) is 7.09. The summed E-state index contributed by atoms with van der Waals surface area (Å²) >= 11 is 3.49. The Hall–Kier alpha value is -1.89. The van der Waals surface area contributed by atoms with Crippen LogP contribution in [0, 0.1) is 13.8 Å². The van der Waals surface area contributed by atoms with E-state index in [4.69, 9.17) is 4.98 Å². The van der Waals surface area contributed by atoms with Gasteiger partial charge in [0.25, 0.3) is 0 Å². The lowest BCUT2D eigenvalue weighted by atomic mass is 10.2. The van der Waals surface area contributed by atoms with E-state index in [0.717, 1.165) is 67.0 Å². The number of aryl methyl sites for hydroxylation is 2. The number of anilines is 3. The summed E-state index contributed by atoms with van der Waals surface area (Å²) in [6.45, 7) is 10.1. The van der Waals surface area contributed by atoms with Gasteiger partial charge in [-0.25, -0.2) is 15.0 Å². The number of aromatic nitrogens is 3. The normalized spacial score (nSPS) is 17.9. The van der Waals surface area contributed by atoms with Crippen LogP contribution in [-0.2, 0) is 0 Å². The van der Waals surface area contributed by atoms with E-state index < -0.39 is 0 Å². The van der Waals surface area contributed by atoms with Crippen LogP contribution in [0.25, 0.3) is 0 Å². The van der Waals surface area contributed by atoms with Crippen LogP contribution in [0.15, 0.2) is 22.8 Å². The smallest absolute Gasteiger partial charge is 0.134 e. The average molecular weight is 417 g/mol. The molecule has 0 amide bonds. The molecule has 2 aromatic heterocycles. The van der Waals surface area contributed by atoms with Crippen LogP contribution in [0.4, 0.5) is 17.5 Å². The topological polar surface area (TPSA) is 48.4 Å². The van der Waals surface area contributed by atoms with E-state index in [1.54, 1.807) is 0 Å². The summed E-state index contributed by atoms with van der Waals surface area (Å²) in [5.41, 5.74) is 1.21. The fourth-order valence-corrected chi connectivity index (χ4v) is 4.26. The highest BCUT2D eigenvalue weighted by atomic mass is 79.9. The Balaban J connectivity index is 1.47. The third kappa shape index (κ3) is 3.63. The SMILES string of the molecule is Cc1nc(N2CCCC2)cc(N2CCN(c3ncc(Br)cc3C)CC2)n1. The lowest BCUT2D eigenvalue weighted by Gasteiger charge is -2.37. The first-order chi connectivity index (χ1) is 12.6. The molecule has 0 unspecified atom stereocenters. The van der Waals surface area contributed by atoms with Gasteiger partial charge in [0.1, 0.15) is 23.3 Å². The molecule has 4 rings (SSSR count). The molecular formula is C19H25BrN6. The first kappa shape index (κ1) is 17.5. The summed E-state index contributed by atoms with van der Waals surface area (Å²) in [7, 11) is 0. The second kappa shape index (κ2) is 7.39. The van der Waals surface area contributed by atoms with Crippen molar-refractivity contribution in [2.75, 3.05) is 54.0 Å². The largest absolute Gasteiger partial charge is 0.356 e. The zero-order chi connectivity index (χ0) is 18.1. The monoisotopic (exact) mass is 416 g/mol. The van der Waals surface area contributed by atoms with Crippen molar-refractivity contribution < 1.29 is 0 Å². The molecule has 0 radical (unpaired) electrons. The van der Waals surface area contributed by atoms with Gasteiger partial charge in [-0.2, -0.15) is 0 Å². The minimum Gasteiger partial charge on any atom is -0.356 e. The maximum atomic E-state index is 4.70. The molecule has 2 aliphatic heterocycles. The van der Waals surface area contributed by atoms with Crippen LogP contribution < -0.4 is 14.7 Å². The third-order valence-electron chi connectivity index (χ3n) is 5.16. The van der Waals surface area contributed by atoms with Crippen LogP contribution >= 0.6 is 15.9 Å². The molecule has 26 heavy (non-hydrogen) atoms. The van der Waals surface area contributed by atoms with Gasteiger partial charge in [0.15, 0.2) is 0 Å². The van der Waals surface area contributed by atoms with E-state index in [9.17, 15) is 0 Å². The fourth-order valence-electron chi connectivity index (χ4n) is 3.82. The molecule has 0 N–H and O–H groups in total. The molecule has 6 nitrogen and oxygen atoms in total. The summed E-state index contributed by atoms with van der Waals surface area (Å²) in [6, 6.07) is 4.29. The predicted molar refractivity (Wildman–Crippen MR) is 109 cm³/mol. The van der Waals surface area contributed by atoms with E-state index >= 15 is 0 Å². The first-order valence-corrected chi connectivity index (χ1v) is 10.1. The molecule has 2 fully saturated rings. The predicted octanol–water partition coefficient (Wildman–Crippen LogP) is 3.18. The molecular weight excluding hydrogens is 392 g/mol. The van der Waals surface area contributed by atoms with Gasteiger partial charge < -0.3 is 14.7 Å². The fraction of sp³-hybridized carbons (Fsp3) is 0.526. The van der Waals surface area contributed by atoms with Gasteiger partial charge in [0.2, 0.25) is 0 Å². The van der Waals surface area contributed by atoms with E-state index in [1.807, 2.05) is 13.1 Å². The summed E-state index contributed by atoms with van der Waals surface area (Å²) < 4.78 is 1.03. The summed E-state index contributed by atoms with van der Waals surface area (Å²) in [6.07, 6.45) is 4.40. The van der Waals surface area contributed by atoms with Gasteiger partial charge in [-0.3, -0.25) is 0 Å². The zero-order valence-corrected chi connectivity index (χ0v) is 17.0. The molecule has 0 aliphatic carbocycles. The lowest BCUT2D eigenvalue weighted by Crippen LogP contribution is -2.47. The molecule has 0 aromatic carbocycles. The zero-order valence-electron chi connectivity index (χ0n) is 15.5. The van der Waals surface area contributed by atoms with E-state index in [-0.39, 0.29) is 0 Å². The highest BCUT2D eigenvalue weighted by Gasteiger charge is 2.22. The summed E-state index contributed by atoms with van der Waals surface area (Å²) in [5.74, 6) is 4.08. The van der Waals surface area contributed by atoms with Crippen LogP contribution in [0.2, 0.25) is 0 Å². The molecule has 2 saturated heterocycles. The van der Waals surface area contributed by atoms with Crippen molar-refractivity contribution in [2.45, 2.75) is 26.7 Å². The number of hydrogen-bond donors (Lipinski definition) is 0. The summed E-state index contributed by atoms with van der Waals surface area (Å²) in [4.78, 5) is 21.1. The number of pyridine rings is 1. The molecule has 0 saturated carbocycles. The maximum Gasteiger partial charge on any atom is 0.134 e. The average Bonchev–Trinajstić information content (AvgIpc) is 3.16. The van der Waals surface area contributed by atoms with Gasteiger partial charge >= 0.3 is 0 Å². The van der Waals surface area contributed by atoms with E-state index in [1.165, 1.54) is 18.4 Å². The molecule has 0 bridgehead atoms. The third-order valence-corrected chi connectivity index (χ3v) is 5.60. The standard InChI is InChI=1S/C19H25BrN6/c1-14-11-16(20)13-21-19(14)26-9-7-25(8-10-26)18-12-17(22-15(2)23-18)24-5-3-4-6-24/h11-13H,3-10H2,1-2H3. The van der Waals surface area contributed by atoms with Crippen LogP contribution in [0.5, 0.6) is 0 Å². The highest BCUT2D eigenvalue weighted by Crippen LogP contribution is 2.25. The van der Waals surface area contributed by atoms with Crippen molar-refractivity contribution >= 4 is 33.4 Å². The van der Waals surface area contributed by atoms with Crippen molar-refractivity contribution in [3.63, 3.8) is 0 Å². The van der Waals surface area contributed by atoms with E-state index in [2.05, 4.69) is 59.7 Å². The highest BCUT2D eigenvalue weighted by molar-refractivity contribution is 9.10. The second-order valence-corrected chi connectivity index (χ2v) is 8.01. The Labute approximate surface area is 163 Å². The Morgan fingerprint density at radius 2 is 1.38 bits per heavy atom. The van der Waals surface area contributed by atoms with Crippen molar-refractivity contribution in [2.24, 2.45) is 0 Å². The number of halogens is 1. The summed E-state index contributed by atoms with van der Waals surface area (Å²) in [5, 5.41) is 0. The Kier molecular flexibility index (Phi) is 4.98. The molecule has 0 spiro atoms. The van der Waals surface area contributed by atoms with Crippen molar-refractivity contribution in [3.8, 4) is 0 Å². The maximum absolute atomic E-state index is 4.70. The van der Waals surface area contributed by atoms with Crippen LogP contribution in [0.1, 0.15) is 24.2 Å². The minimum absolute atomic E-state index is 0.859. The Morgan fingerprint density at radius 1 is 0.808 bits per heavy atom. The molecule has 138 valence electrons. The first-order valence-electron chi connectivity index (χ1n) is 9.33. The number of nitrogens with zero attached hydrogens (tertiary/aromatic N) is 6. The quantitative estimate of drug-likeness (QED) is 0.765. The van der Waals surface area contributed by atoms with Gasteiger partial charge in [-0.15, -0.1) is 0 Å². The Bertz CT molecular complexity index is 782. The van der Waals surface area contributed by atoms with Crippen LogP contribution in [-0.4, -0.2) is 54.2 Å². The van der Waals surface area contributed by atoms with Gasteiger partial charge in [0.05, 0.1) is 0 Å². The minimum atomic E-state index is 0.859. The van der Waals surface area contributed by atoms with Gasteiger partial charge in [-0.05, 0) is 54.2 Å². The van der Waals surface area contributed by atoms with Crippen LogP contribution in [0.3, 0.4) is 0 Å². The van der Waals surface area contributed by atoms with Crippen molar-refractivity contribution in [1.82, 2.24) is 15.0 Å². The van der Waals surface area contributed by atoms with Crippen molar-refractivity contribution in [3.05, 3.63) is 34.2 Å². The number of hydrogen-bond acceptors (Lipinski definition) is 6. The molecule has 2 aliphatic rings. The van der Waals surface area contributed by atoms with E-state index in [0.29, 0.717) is 0 Å². The van der Waals surface area contributed by atoms with Gasteiger partial charge in [-0.1, -0.05) is 0 Å². The molecule has 0 atom stereocenters. The number of rotatable bonds is 3. The molecule has 7 heteroatoms. The number of piperazine rings is 1. The lowest BCUT2D eigenvalue weighted by molar-refractivity contribution is 0.638.